The van der Waals surface area contributed by atoms with Gasteiger partial charge in [-0.15, -0.1) is 0 Å². The molecule has 4 rings (SSSR count). The second kappa shape index (κ2) is 9.71. The summed E-state index contributed by atoms with van der Waals surface area (Å²) in [6.07, 6.45) is 1.58. The second-order valence-electron chi connectivity index (χ2n) is 6.72. The number of nitrogens with one attached hydrogen (secondary N) is 1. The van der Waals surface area contributed by atoms with Crippen LogP contribution in [0.25, 0.3) is 10.9 Å². The van der Waals surface area contributed by atoms with Crippen LogP contribution in [0.1, 0.15) is 0 Å². The Balaban J connectivity index is 0.000000858. The predicted octanol–water partition coefficient (Wildman–Crippen LogP) is 2.01. The van der Waals surface area contributed by atoms with Gasteiger partial charge in [-0.3, -0.25) is 4.79 Å². The van der Waals surface area contributed by atoms with Gasteiger partial charge in [0.05, 0.1) is 19.7 Å². The Morgan fingerprint density at radius 2 is 1.74 bits per heavy atom. The highest BCUT2D eigenvalue weighted by Gasteiger charge is 2.24. The van der Waals surface area contributed by atoms with E-state index in [4.69, 9.17) is 19.4 Å². The van der Waals surface area contributed by atoms with Crippen LogP contribution >= 0.6 is 0 Å². The number of fused-ring (bicyclic) bond motifs is 1. The Bertz CT molecular complexity index is 1150. The van der Waals surface area contributed by atoms with Crippen molar-refractivity contribution in [2.45, 2.75) is 4.90 Å². The normalized spacial score (nSPS) is 13.9. The molecule has 1 aromatic heterocycles. The van der Waals surface area contributed by atoms with Gasteiger partial charge in [-0.05, 0) is 30.3 Å². The molecule has 2 heterocycles. The van der Waals surface area contributed by atoms with Gasteiger partial charge in [0.25, 0.3) is 16.5 Å². The predicted molar refractivity (Wildman–Crippen MR) is 118 cm³/mol. The Hall–Kier alpha value is -3.24. The van der Waals surface area contributed by atoms with Crippen molar-refractivity contribution in [3.8, 4) is 11.5 Å². The summed E-state index contributed by atoms with van der Waals surface area (Å²) in [5.41, 5.74) is 1.66. The summed E-state index contributed by atoms with van der Waals surface area (Å²) in [4.78, 5) is 10.7. The lowest BCUT2D eigenvalue weighted by Gasteiger charge is -2.29. The van der Waals surface area contributed by atoms with Gasteiger partial charge in [0, 0.05) is 49.5 Å². The topological polar surface area (TPSA) is 110 Å². The minimum Gasteiger partial charge on any atom is -0.497 e. The van der Waals surface area contributed by atoms with E-state index in [0.717, 1.165) is 37.3 Å². The molecule has 0 unspecified atom stereocenters. The molecule has 1 aliphatic heterocycles. The molecule has 0 radical (unpaired) electrons. The van der Waals surface area contributed by atoms with Gasteiger partial charge < -0.3 is 24.8 Å². The largest absolute Gasteiger partial charge is 0.497 e. The average molecular weight is 448 g/mol. The first-order valence-corrected chi connectivity index (χ1v) is 11.0. The van der Waals surface area contributed by atoms with Gasteiger partial charge in [0.1, 0.15) is 16.4 Å². The van der Waals surface area contributed by atoms with Gasteiger partial charge in [0.2, 0.25) is 0 Å². The molecular formula is C21H25N3O6S. The van der Waals surface area contributed by atoms with Crippen LogP contribution in [0.5, 0.6) is 11.5 Å². The van der Waals surface area contributed by atoms with Crippen LogP contribution in [0.15, 0.2) is 53.6 Å². The zero-order chi connectivity index (χ0) is 22.4. The zero-order valence-corrected chi connectivity index (χ0v) is 18.1. The molecular weight excluding hydrogens is 422 g/mol. The molecule has 10 heteroatoms. The summed E-state index contributed by atoms with van der Waals surface area (Å²) in [5.74, 6) is 0.734. The van der Waals surface area contributed by atoms with Crippen molar-refractivity contribution in [2.75, 3.05) is 45.3 Å². The molecule has 0 amide bonds. The molecule has 9 nitrogen and oxygen atoms in total. The molecule has 0 bridgehead atoms. The van der Waals surface area contributed by atoms with Crippen molar-refractivity contribution in [2.24, 2.45) is 0 Å². The summed E-state index contributed by atoms with van der Waals surface area (Å²) in [6.45, 7) is 3.36. The third-order valence-electron chi connectivity index (χ3n) is 5.03. The molecule has 1 aliphatic rings. The van der Waals surface area contributed by atoms with E-state index in [2.05, 4.69) is 10.2 Å². The van der Waals surface area contributed by atoms with Crippen LogP contribution in [0.2, 0.25) is 0 Å². The number of benzene rings is 2. The fourth-order valence-electron chi connectivity index (χ4n) is 3.51. The number of ether oxygens (including phenoxy) is 2. The van der Waals surface area contributed by atoms with Crippen molar-refractivity contribution >= 4 is 33.1 Å². The molecule has 166 valence electrons. The minimum absolute atomic E-state index is 0.0689. The zero-order valence-electron chi connectivity index (χ0n) is 17.3. The van der Waals surface area contributed by atoms with Gasteiger partial charge in [-0.25, -0.2) is 12.4 Å². The van der Waals surface area contributed by atoms with Crippen LogP contribution in [-0.4, -0.2) is 64.4 Å². The smallest absolute Gasteiger partial charge is 0.290 e. The molecule has 0 atom stereocenters. The lowest BCUT2D eigenvalue weighted by molar-refractivity contribution is -0.122. The second-order valence-corrected chi connectivity index (χ2v) is 8.50. The number of aromatic nitrogens is 1. The lowest BCUT2D eigenvalue weighted by Crippen LogP contribution is -2.43. The van der Waals surface area contributed by atoms with E-state index in [-0.39, 0.29) is 17.1 Å². The monoisotopic (exact) mass is 447 g/mol. The van der Waals surface area contributed by atoms with Crippen LogP contribution in [-0.2, 0) is 14.8 Å². The number of hydrogen-bond donors (Lipinski definition) is 2. The van der Waals surface area contributed by atoms with Crippen molar-refractivity contribution in [1.29, 1.82) is 0 Å². The van der Waals surface area contributed by atoms with E-state index in [0.29, 0.717) is 11.3 Å². The standard InChI is InChI=1S/C20H23N3O4S.CH2O2/c1-26-17-5-6-19(27-2)20(14-17)28(24,25)23-10-7-15-3-4-16(13-18(15)23)22-11-8-21-9-12-22;2-1-3/h3-7,10,13-14,21H,8-9,11-12H2,1-2H3;1H,(H,2,3). The van der Waals surface area contributed by atoms with E-state index in [1.54, 1.807) is 24.4 Å². The van der Waals surface area contributed by atoms with Crippen molar-refractivity contribution in [3.63, 3.8) is 0 Å². The molecule has 2 N–H and O–H groups in total. The number of piperazine rings is 1. The highest BCUT2D eigenvalue weighted by Crippen LogP contribution is 2.32. The maximum atomic E-state index is 13.4. The number of carboxylic acid groups (broad SMARTS) is 1. The summed E-state index contributed by atoms with van der Waals surface area (Å²) in [5, 5.41) is 11.1. The van der Waals surface area contributed by atoms with E-state index >= 15 is 0 Å². The fourth-order valence-corrected chi connectivity index (χ4v) is 5.03. The van der Waals surface area contributed by atoms with Gasteiger partial charge in [-0.1, -0.05) is 6.07 Å². The first kappa shape index (κ1) is 22.4. The molecule has 31 heavy (non-hydrogen) atoms. The summed E-state index contributed by atoms with van der Waals surface area (Å²) < 4.78 is 38.7. The lowest BCUT2D eigenvalue weighted by atomic mass is 10.2. The highest BCUT2D eigenvalue weighted by molar-refractivity contribution is 7.90. The number of rotatable bonds is 5. The summed E-state index contributed by atoms with van der Waals surface area (Å²) >= 11 is 0. The average Bonchev–Trinajstić information content (AvgIpc) is 3.24. The van der Waals surface area contributed by atoms with Crippen LogP contribution < -0.4 is 19.7 Å². The molecule has 0 saturated carbocycles. The van der Waals surface area contributed by atoms with E-state index in [9.17, 15) is 8.42 Å². The van der Waals surface area contributed by atoms with Gasteiger partial charge >= 0.3 is 0 Å². The van der Waals surface area contributed by atoms with Crippen molar-refractivity contribution in [1.82, 2.24) is 9.29 Å². The number of nitrogens with zero attached hydrogens (tertiary/aromatic N) is 2. The third kappa shape index (κ3) is 4.59. The Morgan fingerprint density at radius 3 is 2.39 bits per heavy atom. The van der Waals surface area contributed by atoms with Gasteiger partial charge in [-0.2, -0.15) is 0 Å². The minimum atomic E-state index is -3.86. The maximum absolute atomic E-state index is 13.4. The Kier molecular flexibility index (Phi) is 7.03. The quantitative estimate of drug-likeness (QED) is 0.572. The molecule has 2 aromatic carbocycles. The maximum Gasteiger partial charge on any atom is 0.290 e. The van der Waals surface area contributed by atoms with Crippen LogP contribution in [0, 0.1) is 0 Å². The highest BCUT2D eigenvalue weighted by atomic mass is 32.2. The van der Waals surface area contributed by atoms with E-state index in [1.165, 1.54) is 24.3 Å². The van der Waals surface area contributed by atoms with Crippen LogP contribution in [0.3, 0.4) is 0 Å². The SMILES string of the molecule is COc1ccc(OC)c(S(=O)(=O)n2ccc3ccc(N4CCNCC4)cc32)c1.O=CO. The Morgan fingerprint density at radius 1 is 1.03 bits per heavy atom. The number of methoxy groups -OCH3 is 2. The third-order valence-corrected chi connectivity index (χ3v) is 6.74. The number of hydrogen-bond acceptors (Lipinski definition) is 7. The van der Waals surface area contributed by atoms with Crippen molar-refractivity contribution in [3.05, 3.63) is 48.7 Å². The summed E-state index contributed by atoms with van der Waals surface area (Å²) in [7, 11) is -0.906. The number of anilines is 1. The fraction of sp³-hybridized carbons (Fsp3) is 0.286. The molecule has 0 spiro atoms. The van der Waals surface area contributed by atoms with E-state index < -0.39 is 10.0 Å². The first-order chi connectivity index (χ1) is 15.0. The summed E-state index contributed by atoms with van der Waals surface area (Å²) in [6, 6.07) is 12.5. The molecule has 3 aromatic rings. The van der Waals surface area contributed by atoms with Gasteiger partial charge in [0.15, 0.2) is 0 Å². The molecule has 0 aliphatic carbocycles. The number of carbonyl (C=O) groups is 1. The molecule has 1 saturated heterocycles. The first-order valence-electron chi connectivity index (χ1n) is 9.58. The van der Waals surface area contributed by atoms with Crippen molar-refractivity contribution < 1.29 is 27.8 Å². The van der Waals surface area contributed by atoms with E-state index in [1.807, 2.05) is 18.2 Å². The molecule has 1 fully saturated rings. The Labute approximate surface area is 180 Å². The van der Waals surface area contributed by atoms with Crippen LogP contribution in [0.4, 0.5) is 5.69 Å².